The number of rotatable bonds is 5. The molecule has 2 aromatic carbocycles. The minimum atomic E-state index is -0.592. The zero-order valence-corrected chi connectivity index (χ0v) is 17.4. The standard InChI is InChI=1S/C19H12Br2FN5O/c20-8-13-15(21)7-6-12(16(13)22)10-24-27-19-25-17(11-4-2-1-3-5-11)14(9-23)18(28)26-19/h1-7,10H,8H2,(H2,25,26,27,28). The highest BCUT2D eigenvalue weighted by molar-refractivity contribution is 9.10. The van der Waals surface area contributed by atoms with Crippen LogP contribution in [0, 0.1) is 17.1 Å². The number of alkyl halides is 1. The third-order valence-corrected chi connectivity index (χ3v) is 5.11. The topological polar surface area (TPSA) is 93.9 Å². The lowest BCUT2D eigenvalue weighted by Gasteiger charge is -2.07. The highest BCUT2D eigenvalue weighted by Crippen LogP contribution is 2.24. The molecule has 0 saturated carbocycles. The van der Waals surface area contributed by atoms with Crippen molar-refractivity contribution in [2.24, 2.45) is 5.10 Å². The van der Waals surface area contributed by atoms with Crippen molar-refractivity contribution in [2.45, 2.75) is 5.33 Å². The van der Waals surface area contributed by atoms with Crippen LogP contribution in [0.25, 0.3) is 11.3 Å². The lowest BCUT2D eigenvalue weighted by Crippen LogP contribution is -2.16. The number of benzene rings is 2. The van der Waals surface area contributed by atoms with E-state index in [9.17, 15) is 14.4 Å². The fourth-order valence-electron chi connectivity index (χ4n) is 2.44. The van der Waals surface area contributed by atoms with Crippen molar-refractivity contribution in [2.75, 3.05) is 5.43 Å². The molecule has 3 rings (SSSR count). The van der Waals surface area contributed by atoms with Gasteiger partial charge in [-0.2, -0.15) is 10.4 Å². The van der Waals surface area contributed by atoms with Gasteiger partial charge in [0.2, 0.25) is 5.95 Å². The zero-order chi connectivity index (χ0) is 20.1. The van der Waals surface area contributed by atoms with Crippen LogP contribution in [0.5, 0.6) is 0 Å². The molecule has 0 amide bonds. The van der Waals surface area contributed by atoms with E-state index in [1.807, 2.05) is 12.1 Å². The van der Waals surface area contributed by atoms with Gasteiger partial charge in [0.25, 0.3) is 5.56 Å². The molecule has 0 unspecified atom stereocenters. The van der Waals surface area contributed by atoms with Gasteiger partial charge in [0.15, 0.2) is 0 Å². The predicted molar refractivity (Wildman–Crippen MR) is 113 cm³/mol. The maximum atomic E-state index is 14.4. The molecular weight excluding hydrogens is 493 g/mol. The number of nitrogens with zero attached hydrogens (tertiary/aromatic N) is 3. The molecule has 0 aliphatic carbocycles. The molecule has 0 saturated heterocycles. The Balaban J connectivity index is 1.92. The average molecular weight is 505 g/mol. The highest BCUT2D eigenvalue weighted by atomic mass is 79.9. The number of aromatic nitrogens is 2. The number of hydrogen-bond donors (Lipinski definition) is 2. The van der Waals surface area contributed by atoms with E-state index in [1.165, 1.54) is 6.21 Å². The van der Waals surface area contributed by atoms with Crippen molar-refractivity contribution in [3.05, 3.63) is 79.8 Å². The van der Waals surface area contributed by atoms with E-state index in [1.54, 1.807) is 36.4 Å². The van der Waals surface area contributed by atoms with Crippen LogP contribution in [-0.2, 0) is 5.33 Å². The van der Waals surface area contributed by atoms with Crippen LogP contribution in [0.2, 0.25) is 0 Å². The van der Waals surface area contributed by atoms with Crippen LogP contribution >= 0.6 is 31.9 Å². The Hall–Kier alpha value is -2.83. The van der Waals surface area contributed by atoms with Gasteiger partial charge in [0.1, 0.15) is 17.4 Å². The summed E-state index contributed by atoms with van der Waals surface area (Å²) in [6.07, 6.45) is 1.29. The monoisotopic (exact) mass is 503 g/mol. The first-order valence-corrected chi connectivity index (χ1v) is 9.88. The summed E-state index contributed by atoms with van der Waals surface area (Å²) in [5, 5.41) is 13.6. The largest absolute Gasteiger partial charge is 0.290 e. The molecule has 1 heterocycles. The zero-order valence-electron chi connectivity index (χ0n) is 14.2. The molecule has 0 bridgehead atoms. The number of H-pyrrole nitrogens is 1. The maximum absolute atomic E-state index is 14.4. The molecule has 28 heavy (non-hydrogen) atoms. The minimum Gasteiger partial charge on any atom is -0.290 e. The van der Waals surface area contributed by atoms with E-state index in [0.717, 1.165) is 0 Å². The summed E-state index contributed by atoms with van der Waals surface area (Å²) >= 11 is 6.54. The van der Waals surface area contributed by atoms with E-state index in [0.29, 0.717) is 20.9 Å². The molecule has 0 radical (unpaired) electrons. The van der Waals surface area contributed by atoms with E-state index in [-0.39, 0.29) is 22.8 Å². The van der Waals surface area contributed by atoms with Gasteiger partial charge in [-0.25, -0.2) is 14.8 Å². The van der Waals surface area contributed by atoms with Gasteiger partial charge in [-0.1, -0.05) is 62.2 Å². The number of halogens is 3. The molecule has 3 aromatic rings. The van der Waals surface area contributed by atoms with Crippen molar-refractivity contribution < 1.29 is 4.39 Å². The molecule has 0 aliphatic rings. The third-order valence-electron chi connectivity index (χ3n) is 3.80. The smallest absolute Gasteiger partial charge is 0.270 e. The lowest BCUT2D eigenvalue weighted by molar-refractivity contribution is 0.614. The summed E-state index contributed by atoms with van der Waals surface area (Å²) in [7, 11) is 0. The van der Waals surface area contributed by atoms with E-state index in [2.05, 4.69) is 52.4 Å². The second-order valence-corrected chi connectivity index (χ2v) is 6.96. The Labute approximate surface area is 176 Å². The normalized spacial score (nSPS) is 10.8. The molecule has 140 valence electrons. The summed E-state index contributed by atoms with van der Waals surface area (Å²) in [5.41, 5.74) is 3.49. The van der Waals surface area contributed by atoms with Crippen molar-refractivity contribution in [1.29, 1.82) is 5.26 Å². The molecule has 0 aliphatic heterocycles. The first kappa shape index (κ1) is 19.9. The number of nitrogens with one attached hydrogen (secondary N) is 2. The first-order valence-electron chi connectivity index (χ1n) is 7.97. The van der Waals surface area contributed by atoms with Gasteiger partial charge in [0.05, 0.1) is 11.9 Å². The summed E-state index contributed by atoms with van der Waals surface area (Å²) in [6, 6.07) is 14.0. The van der Waals surface area contributed by atoms with Crippen LogP contribution < -0.4 is 11.0 Å². The van der Waals surface area contributed by atoms with Crippen LogP contribution in [0.3, 0.4) is 0 Å². The van der Waals surface area contributed by atoms with E-state index < -0.39 is 11.4 Å². The Bertz CT molecular complexity index is 1140. The van der Waals surface area contributed by atoms with Crippen LogP contribution in [-0.4, -0.2) is 16.2 Å². The molecule has 1 aromatic heterocycles. The summed E-state index contributed by atoms with van der Waals surface area (Å²) in [6.45, 7) is 0. The number of hydrazone groups is 1. The van der Waals surface area contributed by atoms with E-state index in [4.69, 9.17) is 0 Å². The predicted octanol–water partition coefficient (Wildman–Crippen LogP) is 4.55. The number of hydrogen-bond acceptors (Lipinski definition) is 5. The van der Waals surface area contributed by atoms with Crippen molar-refractivity contribution in [3.63, 3.8) is 0 Å². The molecule has 0 fully saturated rings. The summed E-state index contributed by atoms with van der Waals surface area (Å²) in [5.74, 6) is -0.375. The quantitative estimate of drug-likeness (QED) is 0.303. The van der Waals surface area contributed by atoms with Crippen LogP contribution in [0.4, 0.5) is 10.3 Å². The molecule has 2 N–H and O–H groups in total. The number of anilines is 1. The first-order chi connectivity index (χ1) is 13.5. The van der Waals surface area contributed by atoms with Gasteiger partial charge >= 0.3 is 0 Å². The Morgan fingerprint density at radius 2 is 2.04 bits per heavy atom. The fourth-order valence-corrected chi connectivity index (χ4v) is 3.81. The van der Waals surface area contributed by atoms with Gasteiger partial charge in [-0.3, -0.25) is 9.78 Å². The molecule has 6 nitrogen and oxygen atoms in total. The van der Waals surface area contributed by atoms with Crippen molar-refractivity contribution >= 4 is 44.0 Å². The molecule has 0 atom stereocenters. The summed E-state index contributed by atoms with van der Waals surface area (Å²) in [4.78, 5) is 18.9. The number of aromatic amines is 1. The van der Waals surface area contributed by atoms with Crippen LogP contribution in [0.15, 0.2) is 56.8 Å². The fraction of sp³-hybridized carbons (Fsp3) is 0.0526. The van der Waals surface area contributed by atoms with Gasteiger partial charge in [-0.15, -0.1) is 0 Å². The second kappa shape index (κ2) is 8.91. The van der Waals surface area contributed by atoms with Crippen molar-refractivity contribution in [1.82, 2.24) is 9.97 Å². The molecule has 0 spiro atoms. The lowest BCUT2D eigenvalue weighted by atomic mass is 10.1. The minimum absolute atomic E-state index is 0.0392. The SMILES string of the molecule is N#Cc1c(-c2ccccc2)nc(NN=Cc2ccc(Br)c(CBr)c2F)[nH]c1=O. The second-order valence-electron chi connectivity index (χ2n) is 5.55. The Morgan fingerprint density at radius 1 is 1.29 bits per heavy atom. The highest BCUT2D eigenvalue weighted by Gasteiger charge is 2.13. The third kappa shape index (κ3) is 4.18. The maximum Gasteiger partial charge on any atom is 0.270 e. The molecule has 9 heteroatoms. The summed E-state index contributed by atoms with van der Waals surface area (Å²) < 4.78 is 15.1. The van der Waals surface area contributed by atoms with Gasteiger partial charge in [0, 0.05) is 26.5 Å². The van der Waals surface area contributed by atoms with Gasteiger partial charge in [-0.05, 0) is 12.1 Å². The van der Waals surface area contributed by atoms with E-state index >= 15 is 0 Å². The molecular formula is C19H12Br2FN5O. The van der Waals surface area contributed by atoms with Crippen LogP contribution in [0.1, 0.15) is 16.7 Å². The Morgan fingerprint density at radius 3 is 2.71 bits per heavy atom. The Kier molecular flexibility index (Phi) is 6.34. The van der Waals surface area contributed by atoms with Crippen molar-refractivity contribution in [3.8, 4) is 17.3 Å². The van der Waals surface area contributed by atoms with Gasteiger partial charge < -0.3 is 0 Å². The average Bonchev–Trinajstić information content (AvgIpc) is 2.70. The number of nitriles is 1.